The molecule has 1 aromatic rings. The maximum atomic E-state index is 12.5. The third kappa shape index (κ3) is 2.54. The predicted octanol–water partition coefficient (Wildman–Crippen LogP) is 3.76. The van der Waals surface area contributed by atoms with E-state index in [1.807, 2.05) is 0 Å². The molecule has 2 bridgehead atoms. The van der Waals surface area contributed by atoms with Crippen LogP contribution in [0.15, 0.2) is 24.3 Å². The standard InChI is InChI=1S/C15H16F2O2/c16-15(17)10-3-1-9(2-4-10)14(18)11-7-12-5-6-13(8-11)19-12/h1-4,11-13,15H,5-8H2. The minimum Gasteiger partial charge on any atom is -0.375 e. The molecule has 2 fully saturated rings. The molecule has 2 aliphatic heterocycles. The fraction of sp³-hybridized carbons (Fsp3) is 0.533. The number of hydrogen-bond acceptors (Lipinski definition) is 2. The summed E-state index contributed by atoms with van der Waals surface area (Å²) in [5.41, 5.74) is 0.499. The molecule has 102 valence electrons. The van der Waals surface area contributed by atoms with Crippen LogP contribution in [-0.4, -0.2) is 18.0 Å². The minimum absolute atomic E-state index is 0.0105. The van der Waals surface area contributed by atoms with Gasteiger partial charge in [0.2, 0.25) is 0 Å². The Bertz CT molecular complexity index is 458. The van der Waals surface area contributed by atoms with Gasteiger partial charge in [-0.05, 0) is 25.7 Å². The Kier molecular flexibility index (Phi) is 3.35. The van der Waals surface area contributed by atoms with E-state index in [1.54, 1.807) is 0 Å². The van der Waals surface area contributed by atoms with Gasteiger partial charge in [0.05, 0.1) is 12.2 Å². The summed E-state index contributed by atoms with van der Waals surface area (Å²) in [5.74, 6) is 0.0599. The number of ketones is 1. The number of halogens is 2. The van der Waals surface area contributed by atoms with E-state index in [2.05, 4.69) is 0 Å². The van der Waals surface area contributed by atoms with Gasteiger partial charge in [0.1, 0.15) is 0 Å². The Morgan fingerprint density at radius 2 is 1.68 bits per heavy atom. The minimum atomic E-state index is -2.48. The van der Waals surface area contributed by atoms with Crippen molar-refractivity contribution in [1.29, 1.82) is 0 Å². The highest BCUT2D eigenvalue weighted by Gasteiger charge is 2.38. The molecule has 1 aromatic carbocycles. The second-order valence-electron chi connectivity index (χ2n) is 5.41. The molecular formula is C15H16F2O2. The van der Waals surface area contributed by atoms with Crippen molar-refractivity contribution in [3.8, 4) is 0 Å². The molecule has 2 aliphatic rings. The predicted molar refractivity (Wildman–Crippen MR) is 66.3 cm³/mol. The van der Waals surface area contributed by atoms with Gasteiger partial charge in [0, 0.05) is 17.0 Å². The van der Waals surface area contributed by atoms with Gasteiger partial charge in [-0.15, -0.1) is 0 Å². The van der Waals surface area contributed by atoms with E-state index < -0.39 is 6.43 Å². The van der Waals surface area contributed by atoms with E-state index in [-0.39, 0.29) is 29.5 Å². The van der Waals surface area contributed by atoms with Gasteiger partial charge in [-0.2, -0.15) is 0 Å². The third-order valence-electron chi connectivity index (χ3n) is 4.11. The Morgan fingerprint density at radius 1 is 1.11 bits per heavy atom. The lowest BCUT2D eigenvalue weighted by atomic mass is 9.88. The molecule has 2 atom stereocenters. The maximum absolute atomic E-state index is 12.5. The topological polar surface area (TPSA) is 26.3 Å². The molecule has 0 aliphatic carbocycles. The van der Waals surface area contributed by atoms with Gasteiger partial charge in [0.15, 0.2) is 5.78 Å². The van der Waals surface area contributed by atoms with Crippen LogP contribution in [0.3, 0.4) is 0 Å². The zero-order chi connectivity index (χ0) is 13.4. The van der Waals surface area contributed by atoms with Crippen molar-refractivity contribution in [2.24, 2.45) is 5.92 Å². The zero-order valence-electron chi connectivity index (χ0n) is 10.5. The number of hydrogen-bond donors (Lipinski definition) is 0. The Balaban J connectivity index is 1.73. The fourth-order valence-electron chi connectivity index (χ4n) is 3.10. The quantitative estimate of drug-likeness (QED) is 0.778. The monoisotopic (exact) mass is 266 g/mol. The van der Waals surface area contributed by atoms with E-state index in [9.17, 15) is 13.6 Å². The van der Waals surface area contributed by atoms with Gasteiger partial charge in [-0.1, -0.05) is 24.3 Å². The summed E-state index contributed by atoms with van der Waals surface area (Å²) in [6, 6.07) is 5.71. The first kappa shape index (κ1) is 12.7. The van der Waals surface area contributed by atoms with Crippen molar-refractivity contribution >= 4 is 5.78 Å². The first-order chi connectivity index (χ1) is 9.13. The number of benzene rings is 1. The number of Topliss-reactive ketones (excluding diaryl/α,β-unsaturated/α-hetero) is 1. The molecule has 0 radical (unpaired) electrons. The molecular weight excluding hydrogens is 250 g/mol. The number of rotatable bonds is 3. The average molecular weight is 266 g/mol. The van der Waals surface area contributed by atoms with Crippen LogP contribution in [0.5, 0.6) is 0 Å². The van der Waals surface area contributed by atoms with Crippen LogP contribution in [0, 0.1) is 5.92 Å². The SMILES string of the molecule is O=C(c1ccc(C(F)F)cc1)C1CC2CCC(C1)O2. The highest BCUT2D eigenvalue weighted by Crippen LogP contribution is 2.37. The van der Waals surface area contributed by atoms with Crippen LogP contribution in [0.2, 0.25) is 0 Å². The molecule has 19 heavy (non-hydrogen) atoms. The van der Waals surface area contributed by atoms with E-state index in [0.29, 0.717) is 5.56 Å². The number of alkyl halides is 2. The molecule has 0 amide bonds. The maximum Gasteiger partial charge on any atom is 0.263 e. The molecule has 0 saturated carbocycles. The summed E-state index contributed by atoms with van der Waals surface area (Å²) in [5, 5.41) is 0. The fourth-order valence-corrected chi connectivity index (χ4v) is 3.10. The molecule has 2 nitrogen and oxygen atoms in total. The average Bonchev–Trinajstić information content (AvgIpc) is 2.76. The second-order valence-corrected chi connectivity index (χ2v) is 5.41. The first-order valence-corrected chi connectivity index (χ1v) is 6.71. The van der Waals surface area contributed by atoms with Gasteiger partial charge in [-0.25, -0.2) is 8.78 Å². The van der Waals surface area contributed by atoms with Crippen LogP contribution >= 0.6 is 0 Å². The second kappa shape index (κ2) is 5.00. The largest absolute Gasteiger partial charge is 0.375 e. The molecule has 2 unspecified atom stereocenters. The molecule has 0 aromatic heterocycles. The Labute approximate surface area is 110 Å². The van der Waals surface area contributed by atoms with E-state index >= 15 is 0 Å². The summed E-state index contributed by atoms with van der Waals surface area (Å²) in [6.45, 7) is 0. The lowest BCUT2D eigenvalue weighted by Gasteiger charge is -2.27. The Hall–Kier alpha value is -1.29. The van der Waals surface area contributed by atoms with Crippen molar-refractivity contribution in [1.82, 2.24) is 0 Å². The van der Waals surface area contributed by atoms with E-state index in [1.165, 1.54) is 24.3 Å². The van der Waals surface area contributed by atoms with Crippen LogP contribution in [0.4, 0.5) is 8.78 Å². The molecule has 3 rings (SSSR count). The highest BCUT2D eigenvalue weighted by molar-refractivity contribution is 5.98. The molecule has 4 heteroatoms. The lowest BCUT2D eigenvalue weighted by molar-refractivity contribution is -0.0149. The number of ether oxygens (including phenoxy) is 1. The summed E-state index contributed by atoms with van der Waals surface area (Å²) < 4.78 is 30.6. The van der Waals surface area contributed by atoms with Crippen molar-refractivity contribution in [2.45, 2.75) is 44.3 Å². The van der Waals surface area contributed by atoms with Crippen molar-refractivity contribution < 1.29 is 18.3 Å². The molecule has 0 N–H and O–H groups in total. The van der Waals surface area contributed by atoms with Gasteiger partial charge < -0.3 is 4.74 Å². The molecule has 2 heterocycles. The van der Waals surface area contributed by atoms with Crippen LogP contribution in [-0.2, 0) is 4.74 Å². The van der Waals surface area contributed by atoms with Crippen LogP contribution in [0.25, 0.3) is 0 Å². The van der Waals surface area contributed by atoms with Crippen molar-refractivity contribution in [2.75, 3.05) is 0 Å². The highest BCUT2D eigenvalue weighted by atomic mass is 19.3. The van der Waals surface area contributed by atoms with Crippen LogP contribution < -0.4 is 0 Å². The molecule has 2 saturated heterocycles. The summed E-state index contributed by atoms with van der Waals surface area (Å²) in [6.07, 6.45) is 1.57. The van der Waals surface area contributed by atoms with E-state index in [0.717, 1.165) is 25.7 Å². The van der Waals surface area contributed by atoms with E-state index in [4.69, 9.17) is 4.74 Å². The van der Waals surface area contributed by atoms with Gasteiger partial charge in [-0.3, -0.25) is 4.79 Å². The van der Waals surface area contributed by atoms with Crippen LogP contribution in [0.1, 0.15) is 48.0 Å². The molecule has 0 spiro atoms. The third-order valence-corrected chi connectivity index (χ3v) is 4.11. The number of carbonyl (C=O) groups is 1. The normalized spacial score (nSPS) is 29.7. The van der Waals surface area contributed by atoms with Crippen molar-refractivity contribution in [3.05, 3.63) is 35.4 Å². The van der Waals surface area contributed by atoms with Gasteiger partial charge in [0.25, 0.3) is 6.43 Å². The van der Waals surface area contributed by atoms with Crippen molar-refractivity contribution in [3.63, 3.8) is 0 Å². The Morgan fingerprint density at radius 3 is 2.21 bits per heavy atom. The summed E-state index contributed by atoms with van der Waals surface area (Å²) in [4.78, 5) is 12.4. The van der Waals surface area contributed by atoms with Gasteiger partial charge >= 0.3 is 0 Å². The number of carbonyl (C=O) groups excluding carboxylic acids is 1. The first-order valence-electron chi connectivity index (χ1n) is 6.71. The summed E-state index contributed by atoms with van der Waals surface area (Å²) in [7, 11) is 0. The zero-order valence-corrected chi connectivity index (χ0v) is 10.5. The number of fused-ring (bicyclic) bond motifs is 2. The smallest absolute Gasteiger partial charge is 0.263 e. The lowest BCUT2D eigenvalue weighted by Crippen LogP contribution is -2.30. The summed E-state index contributed by atoms with van der Waals surface area (Å²) >= 11 is 0.